The Hall–Kier alpha value is -1.78. The number of benzene rings is 1. The van der Waals surface area contributed by atoms with Gasteiger partial charge in [0.25, 0.3) is 5.91 Å². The number of carbonyl (C=O) groups excluding carboxylic acids is 1. The molecule has 1 amide bonds. The lowest BCUT2D eigenvalue weighted by Gasteiger charge is -2.11. The van der Waals surface area contributed by atoms with Crippen molar-refractivity contribution in [2.45, 2.75) is 12.6 Å². The molecule has 5 heteroatoms. The average Bonchev–Trinajstić information content (AvgIpc) is 2.88. The summed E-state index contributed by atoms with van der Waals surface area (Å²) in [4.78, 5) is 11.7. The van der Waals surface area contributed by atoms with Crippen molar-refractivity contribution in [3.8, 4) is 0 Å². The van der Waals surface area contributed by atoms with Crippen LogP contribution >= 0.6 is 11.6 Å². The van der Waals surface area contributed by atoms with Crippen LogP contribution in [-0.4, -0.2) is 11.0 Å². The molecule has 0 spiro atoms. The highest BCUT2D eigenvalue weighted by Gasteiger charge is 2.17. The maximum Gasteiger partial charge on any atom is 0.253 e. The van der Waals surface area contributed by atoms with Crippen LogP contribution in [0.2, 0.25) is 5.02 Å². The van der Waals surface area contributed by atoms with Crippen molar-refractivity contribution in [2.24, 2.45) is 0 Å². The Morgan fingerprint density at radius 3 is 2.89 bits per heavy atom. The largest absolute Gasteiger partial charge is 0.467 e. The van der Waals surface area contributed by atoms with Crippen molar-refractivity contribution in [2.75, 3.05) is 0 Å². The Kier molecular flexibility index (Phi) is 4.02. The molecule has 2 rings (SSSR count). The molecule has 0 aliphatic rings. The van der Waals surface area contributed by atoms with Gasteiger partial charge in [-0.3, -0.25) is 4.79 Å². The Labute approximate surface area is 109 Å². The van der Waals surface area contributed by atoms with Crippen molar-refractivity contribution < 1.29 is 14.3 Å². The molecule has 0 radical (unpaired) electrons. The lowest BCUT2D eigenvalue weighted by Crippen LogP contribution is -2.28. The van der Waals surface area contributed by atoms with Crippen molar-refractivity contribution >= 4 is 17.5 Å². The van der Waals surface area contributed by atoms with Crippen molar-refractivity contribution in [3.63, 3.8) is 0 Å². The van der Waals surface area contributed by atoms with E-state index < -0.39 is 12.0 Å². The minimum absolute atomic E-state index is 0.240. The van der Waals surface area contributed by atoms with E-state index in [1.54, 1.807) is 36.4 Å². The topological polar surface area (TPSA) is 62.5 Å². The zero-order chi connectivity index (χ0) is 13.0. The summed E-state index contributed by atoms with van der Waals surface area (Å²) in [7, 11) is 0. The molecule has 1 unspecified atom stereocenters. The van der Waals surface area contributed by atoms with Crippen molar-refractivity contribution in [3.05, 3.63) is 59.0 Å². The average molecular weight is 266 g/mol. The molecule has 0 saturated heterocycles. The van der Waals surface area contributed by atoms with Crippen LogP contribution in [0.3, 0.4) is 0 Å². The summed E-state index contributed by atoms with van der Waals surface area (Å²) in [6.45, 7) is 0.240. The zero-order valence-electron chi connectivity index (χ0n) is 9.47. The molecule has 0 saturated carbocycles. The predicted molar refractivity (Wildman–Crippen MR) is 67.0 cm³/mol. The Morgan fingerprint density at radius 2 is 2.22 bits per heavy atom. The fourth-order valence-electron chi connectivity index (χ4n) is 1.51. The van der Waals surface area contributed by atoms with E-state index >= 15 is 0 Å². The van der Waals surface area contributed by atoms with Gasteiger partial charge in [0.1, 0.15) is 5.76 Å². The number of furan rings is 1. The summed E-state index contributed by atoms with van der Waals surface area (Å²) in [5.74, 6) is 0.135. The second-order valence-corrected chi connectivity index (χ2v) is 4.19. The van der Waals surface area contributed by atoms with E-state index in [4.69, 9.17) is 16.0 Å². The smallest absolute Gasteiger partial charge is 0.253 e. The molecule has 1 heterocycles. The fraction of sp³-hybridized carbons (Fsp3) is 0.154. The van der Waals surface area contributed by atoms with Gasteiger partial charge in [0.2, 0.25) is 0 Å². The second-order valence-electron chi connectivity index (χ2n) is 3.75. The molecule has 0 fully saturated rings. The first-order chi connectivity index (χ1) is 8.66. The molecular weight excluding hydrogens is 254 g/mol. The number of hydrogen-bond acceptors (Lipinski definition) is 3. The van der Waals surface area contributed by atoms with Gasteiger partial charge in [0.15, 0.2) is 6.10 Å². The molecule has 0 aliphatic heterocycles. The van der Waals surface area contributed by atoms with Crippen LogP contribution in [0.15, 0.2) is 47.1 Å². The number of aliphatic hydroxyl groups is 1. The van der Waals surface area contributed by atoms with Crippen molar-refractivity contribution in [1.29, 1.82) is 0 Å². The van der Waals surface area contributed by atoms with Crippen LogP contribution in [0.4, 0.5) is 0 Å². The number of nitrogens with one attached hydrogen (secondary N) is 1. The summed E-state index contributed by atoms with van der Waals surface area (Å²) in [6.07, 6.45) is 0.285. The SMILES string of the molecule is O=C(NCc1ccco1)C(O)c1cccc(Cl)c1. The van der Waals surface area contributed by atoms with E-state index in [-0.39, 0.29) is 6.54 Å². The van der Waals surface area contributed by atoms with Crippen LogP contribution in [0.1, 0.15) is 17.4 Å². The molecule has 18 heavy (non-hydrogen) atoms. The zero-order valence-corrected chi connectivity index (χ0v) is 10.2. The summed E-state index contributed by atoms with van der Waals surface area (Å²) < 4.78 is 5.07. The highest BCUT2D eigenvalue weighted by Crippen LogP contribution is 2.17. The lowest BCUT2D eigenvalue weighted by atomic mass is 10.1. The predicted octanol–water partition coefficient (Wildman–Crippen LogP) is 2.28. The number of rotatable bonds is 4. The van der Waals surface area contributed by atoms with Crippen LogP contribution in [0.5, 0.6) is 0 Å². The molecule has 2 N–H and O–H groups in total. The van der Waals surface area contributed by atoms with Gasteiger partial charge >= 0.3 is 0 Å². The number of amides is 1. The van der Waals surface area contributed by atoms with Crippen molar-refractivity contribution in [1.82, 2.24) is 5.32 Å². The maximum atomic E-state index is 11.7. The fourth-order valence-corrected chi connectivity index (χ4v) is 1.71. The molecule has 1 aromatic heterocycles. The van der Waals surface area contributed by atoms with Crippen LogP contribution in [0, 0.1) is 0 Å². The van der Waals surface area contributed by atoms with Gasteiger partial charge in [-0.2, -0.15) is 0 Å². The van der Waals surface area contributed by atoms with E-state index in [0.717, 1.165) is 0 Å². The molecule has 94 valence electrons. The number of halogens is 1. The van der Waals surface area contributed by atoms with E-state index in [1.165, 1.54) is 6.26 Å². The molecule has 4 nitrogen and oxygen atoms in total. The molecule has 0 aliphatic carbocycles. The van der Waals surface area contributed by atoms with E-state index in [0.29, 0.717) is 16.3 Å². The number of carbonyl (C=O) groups is 1. The molecule has 2 aromatic rings. The van der Waals surface area contributed by atoms with Gasteiger partial charge in [0.05, 0.1) is 12.8 Å². The molecule has 0 bridgehead atoms. The van der Waals surface area contributed by atoms with E-state index in [2.05, 4.69) is 5.32 Å². The van der Waals surface area contributed by atoms with Gasteiger partial charge in [0, 0.05) is 5.02 Å². The Morgan fingerprint density at radius 1 is 1.39 bits per heavy atom. The number of hydrogen-bond donors (Lipinski definition) is 2. The van der Waals surface area contributed by atoms with Gasteiger partial charge in [-0.25, -0.2) is 0 Å². The van der Waals surface area contributed by atoms with Gasteiger partial charge in [-0.05, 0) is 29.8 Å². The first kappa shape index (κ1) is 12.7. The summed E-state index contributed by atoms with van der Waals surface area (Å²) >= 11 is 5.79. The summed E-state index contributed by atoms with van der Waals surface area (Å²) in [5.41, 5.74) is 0.458. The third-order valence-corrected chi connectivity index (χ3v) is 2.66. The molecule has 1 atom stereocenters. The summed E-state index contributed by atoms with van der Waals surface area (Å²) in [6, 6.07) is 10.0. The van der Waals surface area contributed by atoms with Crippen LogP contribution in [0.25, 0.3) is 0 Å². The second kappa shape index (κ2) is 5.71. The quantitative estimate of drug-likeness (QED) is 0.892. The Bertz CT molecular complexity index is 525. The third kappa shape index (κ3) is 3.12. The monoisotopic (exact) mass is 265 g/mol. The van der Waals surface area contributed by atoms with E-state index in [1.807, 2.05) is 0 Å². The molecule has 1 aromatic carbocycles. The Balaban J connectivity index is 1.96. The van der Waals surface area contributed by atoms with Crippen LogP contribution < -0.4 is 5.32 Å². The van der Waals surface area contributed by atoms with E-state index in [9.17, 15) is 9.90 Å². The lowest BCUT2D eigenvalue weighted by molar-refractivity contribution is -0.129. The number of aliphatic hydroxyl groups excluding tert-OH is 1. The van der Waals surface area contributed by atoms with Gasteiger partial charge in [-0.1, -0.05) is 23.7 Å². The first-order valence-electron chi connectivity index (χ1n) is 5.40. The standard InChI is InChI=1S/C13H12ClNO3/c14-10-4-1-3-9(7-10)12(16)13(17)15-8-11-5-2-6-18-11/h1-7,12,16H,8H2,(H,15,17). The summed E-state index contributed by atoms with van der Waals surface area (Å²) in [5, 5.41) is 12.9. The normalized spacial score (nSPS) is 12.1. The highest BCUT2D eigenvalue weighted by atomic mass is 35.5. The van der Waals surface area contributed by atoms with Gasteiger partial charge in [-0.15, -0.1) is 0 Å². The minimum Gasteiger partial charge on any atom is -0.467 e. The van der Waals surface area contributed by atoms with Crippen LogP contribution in [-0.2, 0) is 11.3 Å². The first-order valence-corrected chi connectivity index (χ1v) is 5.78. The van der Waals surface area contributed by atoms with Gasteiger partial charge < -0.3 is 14.8 Å². The maximum absolute atomic E-state index is 11.7. The third-order valence-electron chi connectivity index (χ3n) is 2.43. The minimum atomic E-state index is -1.24. The highest BCUT2D eigenvalue weighted by molar-refractivity contribution is 6.30. The molecular formula is C13H12ClNO3.